The molecule has 2 atom stereocenters. The largest absolute Gasteiger partial charge is 0.508 e. The Labute approximate surface area is 414 Å². The van der Waals surface area contributed by atoms with E-state index in [4.69, 9.17) is 18.9 Å². The quantitative estimate of drug-likeness (QED) is 0.0973. The van der Waals surface area contributed by atoms with E-state index in [9.17, 15) is 24.3 Å². The zero-order chi connectivity index (χ0) is 50.3. The van der Waals surface area contributed by atoms with E-state index in [-0.39, 0.29) is 47.7 Å². The Balaban J connectivity index is 1.09. The zero-order valence-electron chi connectivity index (χ0n) is 39.7. The Kier molecular flexibility index (Phi) is 13.4. The van der Waals surface area contributed by atoms with Gasteiger partial charge in [0.15, 0.2) is 0 Å². The summed E-state index contributed by atoms with van der Waals surface area (Å²) in [5.74, 6) is 1.70. The molecule has 72 heavy (non-hydrogen) atoms. The van der Waals surface area contributed by atoms with Crippen molar-refractivity contribution in [1.82, 2.24) is 9.80 Å². The Morgan fingerprint density at radius 2 is 1.22 bits per heavy atom. The van der Waals surface area contributed by atoms with Gasteiger partial charge in [0.05, 0.1) is 30.5 Å². The van der Waals surface area contributed by atoms with Crippen LogP contribution in [0.4, 0.5) is 22.0 Å². The van der Waals surface area contributed by atoms with E-state index in [0.29, 0.717) is 113 Å². The topological polar surface area (TPSA) is 108 Å². The van der Waals surface area contributed by atoms with Crippen molar-refractivity contribution in [2.45, 2.75) is 32.2 Å². The van der Waals surface area contributed by atoms with E-state index in [1.807, 2.05) is 25.1 Å². The van der Waals surface area contributed by atoms with Gasteiger partial charge in [-0.3, -0.25) is 18.6 Å². The van der Waals surface area contributed by atoms with Crippen molar-refractivity contribution in [3.8, 4) is 51.7 Å². The number of benzene rings is 6. The normalized spacial score (nSPS) is 18.3. The zero-order valence-corrected chi connectivity index (χ0v) is 39.7. The number of ether oxygens (including phenoxy) is 4. The summed E-state index contributed by atoms with van der Waals surface area (Å²) in [4.78, 5) is 4.18. The summed E-state index contributed by atoms with van der Waals surface area (Å²) in [6, 6.07) is 35.2. The second-order valence-corrected chi connectivity index (χ2v) is 19.0. The lowest BCUT2D eigenvalue weighted by molar-refractivity contribution is -0.137. The number of hydrogen-bond acceptors (Lipinski definition) is 9. The number of likely N-dealkylation sites (tertiary alicyclic amines) is 2. The fraction of sp³-hybridized carbons (Fsp3) is 0.293. The van der Waals surface area contributed by atoms with Gasteiger partial charge >= 0.3 is 6.18 Å². The number of hydrogen-bond donors (Lipinski definition) is 2. The molecule has 4 aliphatic rings. The van der Waals surface area contributed by atoms with Crippen LogP contribution in [0.2, 0.25) is 0 Å². The Morgan fingerprint density at radius 3 is 1.92 bits per heavy atom. The molecule has 9 nitrogen and oxygen atoms in total. The van der Waals surface area contributed by atoms with Gasteiger partial charge in [-0.25, -0.2) is 0 Å². The number of halogens is 5. The third-order valence-corrected chi connectivity index (χ3v) is 14.1. The summed E-state index contributed by atoms with van der Waals surface area (Å²) in [5.41, 5.74) is 5.97. The molecule has 2 saturated heterocycles. The monoisotopic (exact) mass is 981 g/mol. The van der Waals surface area contributed by atoms with Crippen molar-refractivity contribution in [1.29, 1.82) is 5.26 Å². The first-order valence-electron chi connectivity index (χ1n) is 24.0. The molecular formula is C58H52F5N3O6. The molecule has 370 valence electrons. The average Bonchev–Trinajstić information content (AvgIpc) is 3.35. The van der Waals surface area contributed by atoms with Gasteiger partial charge in [0.1, 0.15) is 59.9 Å². The van der Waals surface area contributed by atoms with Crippen LogP contribution in [0, 0.1) is 23.2 Å². The van der Waals surface area contributed by atoms with Gasteiger partial charge in [0.25, 0.3) is 0 Å². The number of rotatable bonds is 15. The molecule has 0 spiro atoms. The number of allylic oxidation sites excluding steroid dienone is 2. The van der Waals surface area contributed by atoms with Crippen LogP contribution < -0.4 is 18.9 Å². The highest BCUT2D eigenvalue weighted by Gasteiger charge is 2.37. The summed E-state index contributed by atoms with van der Waals surface area (Å²) >= 11 is 0. The van der Waals surface area contributed by atoms with Crippen molar-refractivity contribution in [2.75, 3.05) is 65.8 Å². The van der Waals surface area contributed by atoms with Crippen LogP contribution in [0.15, 0.2) is 121 Å². The number of fused-ring (bicyclic) bond motifs is 2. The molecule has 2 fully saturated rings. The molecule has 0 amide bonds. The predicted molar refractivity (Wildman–Crippen MR) is 265 cm³/mol. The van der Waals surface area contributed by atoms with Crippen molar-refractivity contribution in [3.05, 3.63) is 166 Å². The van der Waals surface area contributed by atoms with E-state index < -0.39 is 30.6 Å². The lowest BCUT2D eigenvalue weighted by Gasteiger charge is -2.37. The second-order valence-electron chi connectivity index (χ2n) is 19.0. The molecule has 0 saturated carbocycles. The molecule has 0 radical (unpaired) electrons. The molecule has 0 aliphatic carbocycles. The first-order valence-corrected chi connectivity index (χ1v) is 24.0. The number of phenolic OH excluding ortho intramolecular Hbond substituents is 2. The maximum atomic E-state index is 15.4. The van der Waals surface area contributed by atoms with E-state index in [2.05, 4.69) is 15.9 Å². The number of alkyl halides is 5. The fourth-order valence-electron chi connectivity index (χ4n) is 10.2. The summed E-state index contributed by atoms with van der Waals surface area (Å²) in [7, 11) is 0. The minimum Gasteiger partial charge on any atom is -0.508 e. The number of phenols is 2. The Bertz CT molecular complexity index is 3120. The van der Waals surface area contributed by atoms with Crippen LogP contribution >= 0.6 is 0 Å². The molecule has 6 aromatic rings. The van der Waals surface area contributed by atoms with Gasteiger partial charge in [-0.2, -0.15) is 18.4 Å². The van der Waals surface area contributed by atoms with Gasteiger partial charge in [0.2, 0.25) is 0 Å². The highest BCUT2D eigenvalue weighted by Crippen LogP contribution is 2.52. The standard InChI is InChI=1S/C58H52F5N3O6/c1-34-48-13-9-46(68)26-53(48)72-57(54(34)40-5-3-4-36(20-40)29-64)41-8-14-51(70-19-17-66-32-38(28-60)33-66)50(24-41)42-21-43(23-44(22-42)58(61,62)63)55-35(2)49-25-45(67)10-15-52(49)71-56(55)39-6-11-47(12-7-39)69-18-16-65-30-37(27-59)31-65/h3-15,20-26,37-38,56-57,67-68H,16-19,27-28,30-33H2,1-2H3/t56-,57-/m0/s1. The number of nitriles is 1. The lowest BCUT2D eigenvalue weighted by atomic mass is 9.83. The smallest absolute Gasteiger partial charge is 0.416 e. The molecule has 0 unspecified atom stereocenters. The summed E-state index contributed by atoms with van der Waals surface area (Å²) in [5, 5.41) is 31.1. The van der Waals surface area contributed by atoms with Crippen LogP contribution in [0.1, 0.15) is 70.6 Å². The fourth-order valence-corrected chi connectivity index (χ4v) is 10.2. The van der Waals surface area contributed by atoms with E-state index >= 15 is 13.2 Å². The number of aromatic hydroxyl groups is 2. The minimum absolute atomic E-state index is 0.0137. The van der Waals surface area contributed by atoms with Crippen molar-refractivity contribution in [3.63, 3.8) is 0 Å². The third kappa shape index (κ3) is 9.83. The van der Waals surface area contributed by atoms with Crippen LogP contribution in [-0.4, -0.2) is 85.8 Å². The SMILES string of the molecule is CC1=C(c2cccc(C#N)c2)[C@H](c2ccc(OCCN3CC(CF)C3)c(-c3cc(C4=C(C)c5cc(O)ccc5O[C@H]4c4ccc(OCCN5CC(CF)C5)cc4)cc(C(F)(F)F)c3)c2)Oc2cc(O)ccc21. The van der Waals surface area contributed by atoms with E-state index in [1.54, 1.807) is 79.7 Å². The highest BCUT2D eigenvalue weighted by molar-refractivity contribution is 5.98. The molecule has 4 aliphatic heterocycles. The summed E-state index contributed by atoms with van der Waals surface area (Å²) < 4.78 is 98.6. The molecule has 0 bridgehead atoms. The van der Waals surface area contributed by atoms with Crippen LogP contribution in [0.5, 0.6) is 34.5 Å². The van der Waals surface area contributed by atoms with Gasteiger partial charge < -0.3 is 29.2 Å². The maximum Gasteiger partial charge on any atom is 0.416 e. The molecular weight excluding hydrogens is 930 g/mol. The average molecular weight is 982 g/mol. The van der Waals surface area contributed by atoms with Gasteiger partial charge in [-0.05, 0) is 138 Å². The van der Waals surface area contributed by atoms with Gasteiger partial charge in [-0.15, -0.1) is 0 Å². The predicted octanol–water partition coefficient (Wildman–Crippen LogP) is 12.3. The van der Waals surface area contributed by atoms with Crippen LogP contribution in [0.25, 0.3) is 33.4 Å². The third-order valence-electron chi connectivity index (χ3n) is 14.1. The molecule has 14 heteroatoms. The molecule has 6 aromatic carbocycles. The first kappa shape index (κ1) is 48.3. The highest BCUT2D eigenvalue weighted by atomic mass is 19.4. The van der Waals surface area contributed by atoms with Gasteiger partial charge in [0, 0.05) is 85.0 Å². The first-order chi connectivity index (χ1) is 34.8. The van der Waals surface area contributed by atoms with Crippen LogP contribution in [0.3, 0.4) is 0 Å². The Hall–Kier alpha value is -7.34. The maximum absolute atomic E-state index is 15.4. The van der Waals surface area contributed by atoms with Crippen LogP contribution in [-0.2, 0) is 6.18 Å². The number of nitrogens with zero attached hydrogens (tertiary/aromatic N) is 3. The molecule has 0 aromatic heterocycles. The minimum atomic E-state index is -4.80. The van der Waals surface area contributed by atoms with E-state index in [0.717, 1.165) is 28.8 Å². The molecule has 2 N–H and O–H groups in total. The van der Waals surface area contributed by atoms with Crippen molar-refractivity contribution in [2.24, 2.45) is 11.8 Å². The van der Waals surface area contributed by atoms with Crippen molar-refractivity contribution >= 4 is 22.3 Å². The summed E-state index contributed by atoms with van der Waals surface area (Å²) in [6.07, 6.45) is -6.56. The molecule has 10 rings (SSSR count). The van der Waals surface area contributed by atoms with Gasteiger partial charge in [-0.1, -0.05) is 30.3 Å². The Morgan fingerprint density at radius 1 is 0.611 bits per heavy atom. The van der Waals surface area contributed by atoms with Crippen molar-refractivity contribution < 1.29 is 51.1 Å². The second kappa shape index (κ2) is 20.0. The van der Waals surface area contributed by atoms with E-state index in [1.165, 1.54) is 18.2 Å². The molecule has 4 heterocycles. The lowest BCUT2D eigenvalue weighted by Crippen LogP contribution is -2.49. The summed E-state index contributed by atoms with van der Waals surface area (Å²) in [6.45, 7) is 7.21.